The van der Waals surface area contributed by atoms with E-state index < -0.39 is 0 Å². The molecule has 0 spiro atoms. The average molecular weight is 395 g/mol. The van der Waals surface area contributed by atoms with Crippen molar-refractivity contribution in [3.05, 3.63) is 47.9 Å². The highest BCUT2D eigenvalue weighted by Gasteiger charge is 2.21. The standard InChI is InChI=1S/C19H17N5O5/c1-26-10-18(25)23(9-14-3-2-4-27-14)8-13-5-12-6-16-17(29-11-28-16)7-15(12)24-19(13)20-21-22-24/h2-7H,8-11H2,1H3. The van der Waals surface area contributed by atoms with Crippen LogP contribution in [0.25, 0.3) is 16.6 Å². The molecule has 0 N–H and O–H groups in total. The van der Waals surface area contributed by atoms with Crippen LogP contribution in [0.2, 0.25) is 0 Å². The number of carbonyl (C=O) groups excluding carboxylic acids is 1. The van der Waals surface area contributed by atoms with Crippen LogP contribution in [0.15, 0.2) is 41.0 Å². The monoisotopic (exact) mass is 395 g/mol. The van der Waals surface area contributed by atoms with Crippen molar-refractivity contribution in [2.75, 3.05) is 20.5 Å². The summed E-state index contributed by atoms with van der Waals surface area (Å²) in [5.74, 6) is 1.82. The molecule has 0 bridgehead atoms. The van der Waals surface area contributed by atoms with Crippen LogP contribution < -0.4 is 9.47 Å². The first-order chi connectivity index (χ1) is 14.2. The molecule has 1 aliphatic heterocycles. The molecule has 4 aromatic rings. The first-order valence-electron chi connectivity index (χ1n) is 8.95. The molecule has 0 saturated carbocycles. The van der Waals surface area contributed by atoms with Crippen molar-refractivity contribution >= 4 is 22.5 Å². The molecule has 148 valence electrons. The van der Waals surface area contributed by atoms with Crippen LogP contribution >= 0.6 is 0 Å². The highest BCUT2D eigenvalue weighted by Crippen LogP contribution is 2.36. The first kappa shape index (κ1) is 17.4. The third-order valence-corrected chi connectivity index (χ3v) is 4.75. The molecule has 4 heterocycles. The number of fused-ring (bicyclic) bond motifs is 4. The van der Waals surface area contributed by atoms with Gasteiger partial charge in [0.2, 0.25) is 12.7 Å². The Bertz CT molecular complexity index is 1190. The van der Waals surface area contributed by atoms with E-state index in [1.807, 2.05) is 24.3 Å². The molecule has 0 unspecified atom stereocenters. The van der Waals surface area contributed by atoms with E-state index in [4.69, 9.17) is 18.6 Å². The van der Waals surface area contributed by atoms with Crippen LogP contribution in [-0.2, 0) is 22.6 Å². The minimum absolute atomic E-state index is 0.0335. The summed E-state index contributed by atoms with van der Waals surface area (Å²) in [7, 11) is 1.49. The highest BCUT2D eigenvalue weighted by atomic mass is 16.7. The lowest BCUT2D eigenvalue weighted by molar-refractivity contribution is -0.136. The molecule has 1 amide bonds. The number of methoxy groups -OCH3 is 1. The SMILES string of the molecule is COCC(=O)N(Cc1ccco1)Cc1cc2cc3c(cc2n2nnnc12)OCO3. The van der Waals surface area contributed by atoms with Gasteiger partial charge in [0.1, 0.15) is 12.4 Å². The number of benzene rings is 1. The van der Waals surface area contributed by atoms with E-state index in [1.54, 1.807) is 21.7 Å². The third-order valence-electron chi connectivity index (χ3n) is 4.75. The van der Waals surface area contributed by atoms with Gasteiger partial charge in [0.05, 0.1) is 24.9 Å². The maximum atomic E-state index is 12.6. The number of pyridine rings is 1. The Kier molecular flexibility index (Phi) is 4.24. The lowest BCUT2D eigenvalue weighted by Gasteiger charge is -2.22. The molecule has 10 nitrogen and oxygen atoms in total. The van der Waals surface area contributed by atoms with Crippen LogP contribution in [0, 0.1) is 0 Å². The van der Waals surface area contributed by atoms with Crippen molar-refractivity contribution < 1.29 is 23.4 Å². The van der Waals surface area contributed by atoms with Crippen LogP contribution in [0.4, 0.5) is 0 Å². The number of ether oxygens (including phenoxy) is 3. The van der Waals surface area contributed by atoms with Gasteiger partial charge in [-0.05, 0) is 34.7 Å². The molecule has 0 fully saturated rings. The third kappa shape index (κ3) is 3.13. The second-order valence-corrected chi connectivity index (χ2v) is 6.61. The molecule has 0 saturated heterocycles. The summed E-state index contributed by atoms with van der Waals surface area (Å²) in [6.45, 7) is 0.743. The van der Waals surface area contributed by atoms with Crippen LogP contribution in [0.1, 0.15) is 11.3 Å². The number of hydrogen-bond donors (Lipinski definition) is 0. The van der Waals surface area contributed by atoms with Gasteiger partial charge in [-0.3, -0.25) is 4.79 Å². The van der Waals surface area contributed by atoms with E-state index in [0.717, 1.165) is 16.5 Å². The second kappa shape index (κ2) is 7.06. The Morgan fingerprint density at radius 1 is 1.24 bits per heavy atom. The number of carbonyl (C=O) groups is 1. The molecule has 5 rings (SSSR count). The van der Waals surface area contributed by atoms with Crippen molar-refractivity contribution in [3.63, 3.8) is 0 Å². The number of amides is 1. The molecular weight excluding hydrogens is 378 g/mol. The lowest BCUT2D eigenvalue weighted by atomic mass is 10.1. The minimum atomic E-state index is -0.166. The second-order valence-electron chi connectivity index (χ2n) is 6.61. The van der Waals surface area contributed by atoms with Gasteiger partial charge >= 0.3 is 0 Å². The Morgan fingerprint density at radius 3 is 2.90 bits per heavy atom. The van der Waals surface area contributed by atoms with Gasteiger partial charge in [-0.15, -0.1) is 5.10 Å². The van der Waals surface area contributed by atoms with E-state index in [-0.39, 0.29) is 25.9 Å². The molecule has 29 heavy (non-hydrogen) atoms. The molecule has 1 aromatic carbocycles. The first-order valence-corrected chi connectivity index (χ1v) is 8.95. The zero-order valence-corrected chi connectivity index (χ0v) is 15.6. The molecule has 10 heteroatoms. The summed E-state index contributed by atoms with van der Waals surface area (Å²) >= 11 is 0. The number of rotatable bonds is 6. The van der Waals surface area contributed by atoms with E-state index in [1.165, 1.54) is 7.11 Å². The zero-order chi connectivity index (χ0) is 19.8. The Balaban J connectivity index is 1.57. The predicted octanol–water partition coefficient (Wildman–Crippen LogP) is 1.77. The fourth-order valence-electron chi connectivity index (χ4n) is 3.41. The Hall–Kier alpha value is -3.66. The van der Waals surface area contributed by atoms with Gasteiger partial charge in [-0.25, -0.2) is 0 Å². The predicted molar refractivity (Wildman–Crippen MR) is 99.2 cm³/mol. The number of furan rings is 1. The van der Waals surface area contributed by atoms with Crippen LogP contribution in [0.5, 0.6) is 11.5 Å². The minimum Gasteiger partial charge on any atom is -0.467 e. The quantitative estimate of drug-likeness (QED) is 0.487. The fraction of sp³-hybridized carbons (Fsp3) is 0.263. The molecule has 1 aliphatic rings. The van der Waals surface area contributed by atoms with Gasteiger partial charge in [0, 0.05) is 24.1 Å². The van der Waals surface area contributed by atoms with E-state index in [0.29, 0.717) is 29.5 Å². The smallest absolute Gasteiger partial charge is 0.249 e. The van der Waals surface area contributed by atoms with Crippen molar-refractivity contribution in [2.24, 2.45) is 0 Å². The maximum absolute atomic E-state index is 12.6. The summed E-state index contributed by atoms with van der Waals surface area (Å²) in [5.41, 5.74) is 2.14. The Morgan fingerprint density at radius 2 is 2.10 bits per heavy atom. The van der Waals surface area contributed by atoms with Gasteiger partial charge in [0.25, 0.3) is 0 Å². The van der Waals surface area contributed by atoms with Crippen molar-refractivity contribution in [1.82, 2.24) is 24.9 Å². The van der Waals surface area contributed by atoms with E-state index >= 15 is 0 Å². The summed E-state index contributed by atoms with van der Waals surface area (Å²) in [6.07, 6.45) is 1.58. The normalized spacial score (nSPS) is 12.7. The maximum Gasteiger partial charge on any atom is 0.249 e. The topological polar surface area (TPSA) is 104 Å². The largest absolute Gasteiger partial charge is 0.467 e. The molecule has 3 aromatic heterocycles. The van der Waals surface area contributed by atoms with Crippen molar-refractivity contribution in [3.8, 4) is 11.5 Å². The fourth-order valence-corrected chi connectivity index (χ4v) is 3.41. The number of hydrogen-bond acceptors (Lipinski definition) is 8. The van der Waals surface area contributed by atoms with E-state index in [9.17, 15) is 4.79 Å². The number of aromatic nitrogens is 4. The highest BCUT2D eigenvalue weighted by molar-refractivity contribution is 5.87. The number of tetrazole rings is 1. The van der Waals surface area contributed by atoms with Crippen LogP contribution in [-0.4, -0.2) is 51.4 Å². The summed E-state index contributed by atoms with van der Waals surface area (Å²) in [5, 5.41) is 13.0. The van der Waals surface area contributed by atoms with Gasteiger partial charge in [-0.2, -0.15) is 4.52 Å². The zero-order valence-electron chi connectivity index (χ0n) is 15.6. The lowest BCUT2D eigenvalue weighted by Crippen LogP contribution is -2.33. The summed E-state index contributed by atoms with van der Waals surface area (Å²) < 4.78 is 23.0. The molecule has 0 radical (unpaired) electrons. The van der Waals surface area contributed by atoms with Gasteiger partial charge in [-0.1, -0.05) is 0 Å². The van der Waals surface area contributed by atoms with Crippen LogP contribution in [0.3, 0.4) is 0 Å². The van der Waals surface area contributed by atoms with Gasteiger partial charge in [0.15, 0.2) is 17.1 Å². The molecular formula is C19H17N5O5. The number of nitrogens with zero attached hydrogens (tertiary/aromatic N) is 5. The summed E-state index contributed by atoms with van der Waals surface area (Å²) in [6, 6.07) is 9.30. The van der Waals surface area contributed by atoms with Gasteiger partial charge < -0.3 is 23.5 Å². The van der Waals surface area contributed by atoms with Crippen molar-refractivity contribution in [2.45, 2.75) is 13.1 Å². The summed E-state index contributed by atoms with van der Waals surface area (Å²) in [4.78, 5) is 14.3. The Labute approximate surface area is 164 Å². The average Bonchev–Trinajstić information content (AvgIpc) is 3.47. The molecule has 0 aliphatic carbocycles. The molecule has 0 atom stereocenters. The van der Waals surface area contributed by atoms with E-state index in [2.05, 4.69) is 15.5 Å². The van der Waals surface area contributed by atoms with Crippen molar-refractivity contribution in [1.29, 1.82) is 0 Å².